The van der Waals surface area contributed by atoms with E-state index in [9.17, 15) is 4.79 Å². The Morgan fingerprint density at radius 2 is 2.33 bits per heavy atom. The molecule has 0 radical (unpaired) electrons. The molecule has 0 aliphatic rings. The molecule has 12 heavy (non-hydrogen) atoms. The van der Waals surface area contributed by atoms with Gasteiger partial charge in [0.05, 0.1) is 18.0 Å². The Bertz CT molecular complexity index is 173. The second-order valence-corrected chi connectivity index (χ2v) is 3.09. The lowest BCUT2D eigenvalue weighted by Crippen LogP contribution is -2.37. The van der Waals surface area contributed by atoms with Crippen molar-refractivity contribution in [2.24, 2.45) is 5.73 Å². The number of amides is 1. The molecule has 0 bridgehead atoms. The van der Waals surface area contributed by atoms with Gasteiger partial charge >= 0.3 is 0 Å². The first-order valence-corrected chi connectivity index (χ1v) is 4.03. The zero-order valence-electron chi connectivity index (χ0n) is 7.29. The number of hydrogen-bond acceptors (Lipinski definition) is 3. The number of nitrogens with two attached hydrogens (primary N) is 1. The molecular formula is C7H14N2O2S. The normalized spacial score (nSPS) is 12.2. The van der Waals surface area contributed by atoms with Gasteiger partial charge in [0, 0.05) is 13.2 Å². The summed E-state index contributed by atoms with van der Waals surface area (Å²) >= 11 is 4.57. The highest BCUT2D eigenvalue weighted by Crippen LogP contribution is 1.86. The predicted octanol–water partition coefficient (Wildman–Crippen LogP) is -0.186. The lowest BCUT2D eigenvalue weighted by atomic mass is 10.3. The third-order valence-corrected chi connectivity index (χ3v) is 1.30. The minimum atomic E-state index is -0.160. The number of thiocarbonyl (C=S) groups is 1. The van der Waals surface area contributed by atoms with Crippen LogP contribution in [0.1, 0.15) is 13.3 Å². The van der Waals surface area contributed by atoms with Gasteiger partial charge in [-0.3, -0.25) is 4.79 Å². The standard InChI is InChI=1S/C7H14N2O2S/c1-5(4-11-2)9-7(10)3-6(8)12/h5H,3-4H2,1-2H3,(H2,8,12)(H,9,10). The molecule has 0 fully saturated rings. The van der Waals surface area contributed by atoms with Crippen LogP contribution in [0.2, 0.25) is 0 Å². The van der Waals surface area contributed by atoms with E-state index in [0.717, 1.165) is 0 Å². The van der Waals surface area contributed by atoms with Crippen LogP contribution in [0.15, 0.2) is 0 Å². The number of carbonyl (C=O) groups excluding carboxylic acids is 1. The van der Waals surface area contributed by atoms with E-state index in [1.54, 1.807) is 7.11 Å². The van der Waals surface area contributed by atoms with E-state index in [1.165, 1.54) is 0 Å². The van der Waals surface area contributed by atoms with Crippen molar-refractivity contribution >= 4 is 23.1 Å². The molecule has 1 unspecified atom stereocenters. The lowest BCUT2D eigenvalue weighted by molar-refractivity contribution is -0.120. The van der Waals surface area contributed by atoms with Crippen molar-refractivity contribution in [2.45, 2.75) is 19.4 Å². The van der Waals surface area contributed by atoms with Crippen molar-refractivity contribution in [1.29, 1.82) is 0 Å². The number of rotatable bonds is 5. The summed E-state index contributed by atoms with van der Waals surface area (Å²) in [4.78, 5) is 11.2. The van der Waals surface area contributed by atoms with Crippen LogP contribution >= 0.6 is 12.2 Å². The first-order chi connectivity index (χ1) is 5.56. The maximum absolute atomic E-state index is 11.0. The highest BCUT2D eigenvalue weighted by atomic mass is 32.1. The molecule has 0 spiro atoms. The lowest BCUT2D eigenvalue weighted by Gasteiger charge is -2.11. The van der Waals surface area contributed by atoms with Crippen LogP contribution < -0.4 is 11.1 Å². The van der Waals surface area contributed by atoms with Gasteiger partial charge in [-0.05, 0) is 6.92 Å². The number of methoxy groups -OCH3 is 1. The Balaban J connectivity index is 3.61. The maximum atomic E-state index is 11.0. The van der Waals surface area contributed by atoms with E-state index >= 15 is 0 Å². The second-order valence-electron chi connectivity index (χ2n) is 2.57. The molecule has 0 saturated heterocycles. The van der Waals surface area contributed by atoms with Gasteiger partial charge in [0.25, 0.3) is 0 Å². The predicted molar refractivity (Wildman–Crippen MR) is 50.9 cm³/mol. The minimum absolute atomic E-state index is 0.00292. The fourth-order valence-electron chi connectivity index (χ4n) is 0.776. The van der Waals surface area contributed by atoms with E-state index in [4.69, 9.17) is 10.5 Å². The average Bonchev–Trinajstić information content (AvgIpc) is 1.84. The molecule has 0 aliphatic carbocycles. The van der Waals surface area contributed by atoms with Crippen molar-refractivity contribution in [3.63, 3.8) is 0 Å². The summed E-state index contributed by atoms with van der Waals surface area (Å²) < 4.78 is 4.83. The summed E-state index contributed by atoms with van der Waals surface area (Å²) in [6.45, 7) is 2.34. The number of nitrogens with one attached hydrogen (secondary N) is 1. The van der Waals surface area contributed by atoms with Crippen molar-refractivity contribution < 1.29 is 9.53 Å². The quantitative estimate of drug-likeness (QED) is 0.590. The molecule has 0 aromatic carbocycles. The summed E-state index contributed by atoms with van der Waals surface area (Å²) in [7, 11) is 1.58. The van der Waals surface area contributed by atoms with Crippen molar-refractivity contribution in [2.75, 3.05) is 13.7 Å². The molecule has 4 nitrogen and oxygen atoms in total. The maximum Gasteiger partial charge on any atom is 0.227 e. The van der Waals surface area contributed by atoms with Gasteiger partial charge in [-0.1, -0.05) is 12.2 Å². The Morgan fingerprint density at radius 3 is 2.75 bits per heavy atom. The first kappa shape index (κ1) is 11.3. The molecule has 0 aromatic heterocycles. The average molecular weight is 190 g/mol. The van der Waals surface area contributed by atoms with Gasteiger partial charge in [-0.15, -0.1) is 0 Å². The van der Waals surface area contributed by atoms with Crippen LogP contribution in [0.5, 0.6) is 0 Å². The molecule has 70 valence electrons. The fourth-order valence-corrected chi connectivity index (χ4v) is 0.907. The second kappa shape index (κ2) is 5.91. The third kappa shape index (κ3) is 6.06. The van der Waals surface area contributed by atoms with Gasteiger partial charge in [0.15, 0.2) is 0 Å². The van der Waals surface area contributed by atoms with Crippen LogP contribution in [0.3, 0.4) is 0 Å². The number of hydrogen-bond donors (Lipinski definition) is 2. The summed E-state index contributed by atoms with van der Waals surface area (Å²) in [5.74, 6) is -0.160. The Labute approximate surface area is 77.5 Å². The molecule has 0 aromatic rings. The Hall–Kier alpha value is -0.680. The highest BCUT2D eigenvalue weighted by molar-refractivity contribution is 7.80. The van der Waals surface area contributed by atoms with Crippen LogP contribution in [0, 0.1) is 0 Å². The summed E-state index contributed by atoms with van der Waals surface area (Å²) in [5, 5.41) is 2.68. The molecule has 1 amide bonds. The van der Waals surface area contributed by atoms with E-state index in [-0.39, 0.29) is 23.4 Å². The van der Waals surface area contributed by atoms with Crippen LogP contribution in [-0.4, -0.2) is 30.7 Å². The van der Waals surface area contributed by atoms with E-state index in [0.29, 0.717) is 6.61 Å². The molecule has 5 heteroatoms. The van der Waals surface area contributed by atoms with Crippen LogP contribution in [0.4, 0.5) is 0 Å². The third-order valence-electron chi connectivity index (χ3n) is 1.16. The van der Waals surface area contributed by atoms with E-state index in [2.05, 4.69) is 17.5 Å². The largest absolute Gasteiger partial charge is 0.393 e. The van der Waals surface area contributed by atoms with E-state index in [1.807, 2.05) is 6.92 Å². The highest BCUT2D eigenvalue weighted by Gasteiger charge is 2.06. The molecule has 3 N–H and O–H groups in total. The van der Waals surface area contributed by atoms with Gasteiger partial charge in [0.1, 0.15) is 0 Å². The van der Waals surface area contributed by atoms with Gasteiger partial charge in [0.2, 0.25) is 5.91 Å². The van der Waals surface area contributed by atoms with Gasteiger partial charge in [-0.25, -0.2) is 0 Å². The zero-order valence-corrected chi connectivity index (χ0v) is 8.11. The minimum Gasteiger partial charge on any atom is -0.393 e. The topological polar surface area (TPSA) is 64.3 Å². The monoisotopic (exact) mass is 190 g/mol. The number of carbonyl (C=O) groups is 1. The summed E-state index contributed by atoms with van der Waals surface area (Å²) in [6, 6.07) is -0.00292. The molecule has 0 rings (SSSR count). The molecule has 0 heterocycles. The summed E-state index contributed by atoms with van der Waals surface area (Å²) in [6.07, 6.45) is 0.101. The van der Waals surface area contributed by atoms with Gasteiger partial charge in [-0.2, -0.15) is 0 Å². The zero-order chi connectivity index (χ0) is 9.56. The molecular weight excluding hydrogens is 176 g/mol. The smallest absolute Gasteiger partial charge is 0.227 e. The molecule has 1 atom stereocenters. The van der Waals surface area contributed by atoms with Crippen molar-refractivity contribution in [3.05, 3.63) is 0 Å². The SMILES string of the molecule is COCC(C)NC(=O)CC(N)=S. The van der Waals surface area contributed by atoms with Gasteiger partial charge < -0.3 is 15.8 Å². The number of ether oxygens (including phenoxy) is 1. The van der Waals surface area contributed by atoms with Crippen LogP contribution in [0.25, 0.3) is 0 Å². The Kier molecular flexibility index (Phi) is 5.57. The van der Waals surface area contributed by atoms with E-state index < -0.39 is 0 Å². The van der Waals surface area contributed by atoms with Crippen molar-refractivity contribution in [1.82, 2.24) is 5.32 Å². The van der Waals surface area contributed by atoms with Crippen LogP contribution in [-0.2, 0) is 9.53 Å². The fraction of sp³-hybridized carbons (Fsp3) is 0.714. The van der Waals surface area contributed by atoms with Crippen molar-refractivity contribution in [3.8, 4) is 0 Å². The first-order valence-electron chi connectivity index (χ1n) is 3.63. The molecule has 0 aliphatic heterocycles. The Morgan fingerprint density at radius 1 is 1.75 bits per heavy atom. The summed E-state index contributed by atoms with van der Waals surface area (Å²) in [5.41, 5.74) is 5.18. The molecule has 0 saturated carbocycles.